The maximum absolute atomic E-state index is 12.7. The summed E-state index contributed by atoms with van der Waals surface area (Å²) in [5.74, 6) is 0.588. The molecule has 0 radical (unpaired) electrons. The molecule has 1 N–H and O–H groups in total. The fourth-order valence-electron chi connectivity index (χ4n) is 2.48. The number of rotatable bonds is 5. The Hall–Kier alpha value is -1.83. The number of methoxy groups -OCH3 is 1. The van der Waals surface area contributed by atoms with Crippen LogP contribution >= 0.6 is 22.7 Å². The molecule has 0 bridgehead atoms. The molecule has 0 spiro atoms. The van der Waals surface area contributed by atoms with Gasteiger partial charge in [-0.2, -0.15) is 0 Å². The number of benzene rings is 1. The lowest BCUT2D eigenvalue weighted by atomic mass is 10.1. The lowest BCUT2D eigenvalue weighted by Gasteiger charge is -2.11. The lowest BCUT2D eigenvalue weighted by molar-refractivity contribution is 0.413. The van der Waals surface area contributed by atoms with Gasteiger partial charge < -0.3 is 4.74 Å². The van der Waals surface area contributed by atoms with Gasteiger partial charge in [0.25, 0.3) is 10.0 Å². The SMILES string of the molecule is COc1cc(S(=O)(=O)Nc2cc(-c3csc(C)c3)ccc2C)sc1C. The second-order valence-electron chi connectivity index (χ2n) is 5.77. The van der Waals surface area contributed by atoms with Gasteiger partial charge in [0.1, 0.15) is 9.96 Å². The average Bonchev–Trinajstić information content (AvgIpc) is 3.15. The molecule has 3 rings (SSSR count). The Morgan fingerprint density at radius 2 is 1.80 bits per heavy atom. The highest BCUT2D eigenvalue weighted by Crippen LogP contribution is 2.34. The van der Waals surface area contributed by atoms with Crippen LogP contribution in [0.5, 0.6) is 5.75 Å². The maximum atomic E-state index is 12.7. The number of aryl methyl sites for hydroxylation is 3. The number of hydrogen-bond acceptors (Lipinski definition) is 5. The van der Waals surface area contributed by atoms with E-state index in [1.165, 1.54) is 23.3 Å². The number of anilines is 1. The number of hydrogen-bond donors (Lipinski definition) is 1. The van der Waals surface area contributed by atoms with Gasteiger partial charge in [0.15, 0.2) is 0 Å². The van der Waals surface area contributed by atoms with E-state index in [1.807, 2.05) is 32.0 Å². The molecule has 0 saturated heterocycles. The third-order valence-corrected chi connectivity index (χ3v) is 7.61. The van der Waals surface area contributed by atoms with E-state index in [4.69, 9.17) is 4.74 Å². The molecule has 0 aliphatic carbocycles. The molecule has 4 nitrogen and oxygen atoms in total. The highest BCUT2D eigenvalue weighted by atomic mass is 32.2. The van der Waals surface area contributed by atoms with Crippen molar-refractivity contribution in [3.63, 3.8) is 0 Å². The van der Waals surface area contributed by atoms with Crippen LogP contribution in [-0.4, -0.2) is 15.5 Å². The van der Waals surface area contributed by atoms with Crippen LogP contribution in [0.4, 0.5) is 5.69 Å². The third-order valence-electron chi connectivity index (χ3n) is 3.88. The largest absolute Gasteiger partial charge is 0.496 e. The molecule has 0 amide bonds. The van der Waals surface area contributed by atoms with Crippen molar-refractivity contribution in [1.29, 1.82) is 0 Å². The number of ether oxygens (including phenoxy) is 1. The summed E-state index contributed by atoms with van der Waals surface area (Å²) in [5.41, 5.74) is 3.55. The first-order valence-electron chi connectivity index (χ1n) is 7.63. The van der Waals surface area contributed by atoms with E-state index in [-0.39, 0.29) is 4.21 Å². The van der Waals surface area contributed by atoms with E-state index in [2.05, 4.69) is 23.1 Å². The second kappa shape index (κ2) is 6.82. The van der Waals surface area contributed by atoms with E-state index in [9.17, 15) is 8.42 Å². The Kier molecular flexibility index (Phi) is 4.90. The minimum atomic E-state index is -3.65. The summed E-state index contributed by atoms with van der Waals surface area (Å²) in [4.78, 5) is 2.06. The van der Waals surface area contributed by atoms with Crippen LogP contribution in [0.1, 0.15) is 15.3 Å². The van der Waals surface area contributed by atoms with Crippen molar-refractivity contribution in [1.82, 2.24) is 0 Å². The minimum absolute atomic E-state index is 0.248. The summed E-state index contributed by atoms with van der Waals surface area (Å²) in [6, 6.07) is 9.48. The van der Waals surface area contributed by atoms with E-state index >= 15 is 0 Å². The zero-order valence-electron chi connectivity index (χ0n) is 14.4. The molecule has 2 aromatic heterocycles. The molecular formula is C18H19NO3S3. The molecule has 0 aliphatic rings. The number of nitrogens with one attached hydrogen (secondary N) is 1. The zero-order valence-corrected chi connectivity index (χ0v) is 16.9. The van der Waals surface area contributed by atoms with E-state index in [0.29, 0.717) is 11.4 Å². The maximum Gasteiger partial charge on any atom is 0.271 e. The summed E-state index contributed by atoms with van der Waals surface area (Å²) in [6.07, 6.45) is 0. The smallest absolute Gasteiger partial charge is 0.271 e. The Balaban J connectivity index is 1.96. The average molecular weight is 394 g/mol. The predicted molar refractivity (Wildman–Crippen MR) is 106 cm³/mol. The van der Waals surface area contributed by atoms with Crippen LogP contribution in [0.3, 0.4) is 0 Å². The highest BCUT2D eigenvalue weighted by Gasteiger charge is 2.20. The van der Waals surface area contributed by atoms with Crippen LogP contribution in [0, 0.1) is 20.8 Å². The highest BCUT2D eigenvalue weighted by molar-refractivity contribution is 7.94. The van der Waals surface area contributed by atoms with Crippen molar-refractivity contribution >= 4 is 38.4 Å². The van der Waals surface area contributed by atoms with Gasteiger partial charge >= 0.3 is 0 Å². The van der Waals surface area contributed by atoms with Crippen LogP contribution in [0.15, 0.2) is 39.9 Å². The van der Waals surface area contributed by atoms with Crippen LogP contribution in [0.25, 0.3) is 11.1 Å². The van der Waals surface area contributed by atoms with Crippen molar-refractivity contribution in [2.75, 3.05) is 11.8 Å². The Morgan fingerprint density at radius 1 is 1.04 bits per heavy atom. The molecule has 0 saturated carbocycles. The predicted octanol–water partition coefficient (Wildman–Crippen LogP) is 5.21. The molecule has 3 aromatic rings. The molecular weight excluding hydrogens is 374 g/mol. The first-order chi connectivity index (χ1) is 11.8. The fourth-order valence-corrected chi connectivity index (χ4v) is 5.71. The molecule has 25 heavy (non-hydrogen) atoms. The van der Waals surface area contributed by atoms with E-state index < -0.39 is 10.0 Å². The Morgan fingerprint density at radius 3 is 2.40 bits per heavy atom. The third kappa shape index (κ3) is 3.73. The quantitative estimate of drug-likeness (QED) is 0.647. The van der Waals surface area contributed by atoms with Crippen molar-refractivity contribution in [3.8, 4) is 16.9 Å². The Bertz CT molecular complexity index is 1020. The normalized spacial score (nSPS) is 11.5. The number of sulfonamides is 1. The fraction of sp³-hybridized carbons (Fsp3) is 0.222. The minimum Gasteiger partial charge on any atom is -0.496 e. The standard InChI is InChI=1S/C18H19NO3S3/c1-11-5-6-14(15-7-12(2)23-10-15)8-16(11)19-25(20,21)18-9-17(22-4)13(3)24-18/h5-10,19H,1-4H3. The molecule has 0 aliphatic heterocycles. The number of thiophene rings is 2. The molecule has 2 heterocycles. The molecule has 1 aromatic carbocycles. The van der Waals surface area contributed by atoms with Crippen LogP contribution < -0.4 is 9.46 Å². The summed E-state index contributed by atoms with van der Waals surface area (Å²) < 4.78 is 33.6. The summed E-state index contributed by atoms with van der Waals surface area (Å²) in [6.45, 7) is 5.78. The van der Waals surface area contributed by atoms with Gasteiger partial charge in [0, 0.05) is 15.8 Å². The molecule has 0 atom stereocenters. The molecule has 0 unspecified atom stereocenters. The van der Waals surface area contributed by atoms with E-state index in [0.717, 1.165) is 21.6 Å². The lowest BCUT2D eigenvalue weighted by Crippen LogP contribution is -2.12. The van der Waals surface area contributed by atoms with Crippen molar-refractivity contribution in [2.45, 2.75) is 25.0 Å². The molecule has 7 heteroatoms. The molecule has 0 fully saturated rings. The molecule has 132 valence electrons. The van der Waals surface area contributed by atoms with Gasteiger partial charge in [0.2, 0.25) is 0 Å². The van der Waals surface area contributed by atoms with Crippen molar-refractivity contribution in [3.05, 3.63) is 51.0 Å². The van der Waals surface area contributed by atoms with Gasteiger partial charge in [-0.3, -0.25) is 4.72 Å². The van der Waals surface area contributed by atoms with Gasteiger partial charge in [-0.1, -0.05) is 12.1 Å². The van der Waals surface area contributed by atoms with Gasteiger partial charge in [-0.15, -0.1) is 22.7 Å². The summed E-state index contributed by atoms with van der Waals surface area (Å²) in [7, 11) is -2.11. The summed E-state index contributed by atoms with van der Waals surface area (Å²) in [5, 5.41) is 2.08. The van der Waals surface area contributed by atoms with Gasteiger partial charge in [0.05, 0.1) is 12.8 Å². The van der Waals surface area contributed by atoms with Crippen LogP contribution in [-0.2, 0) is 10.0 Å². The second-order valence-corrected chi connectivity index (χ2v) is 10.1. The first kappa shape index (κ1) is 18.0. The Labute approximate surface area is 156 Å². The first-order valence-corrected chi connectivity index (χ1v) is 10.8. The van der Waals surface area contributed by atoms with Crippen LogP contribution in [0.2, 0.25) is 0 Å². The monoisotopic (exact) mass is 393 g/mol. The van der Waals surface area contributed by atoms with Gasteiger partial charge in [-0.05, 0) is 55.0 Å². The topological polar surface area (TPSA) is 55.4 Å². The van der Waals surface area contributed by atoms with Gasteiger partial charge in [-0.25, -0.2) is 8.42 Å². The van der Waals surface area contributed by atoms with Crippen molar-refractivity contribution in [2.24, 2.45) is 0 Å². The zero-order chi connectivity index (χ0) is 18.2. The van der Waals surface area contributed by atoms with Crippen molar-refractivity contribution < 1.29 is 13.2 Å². The summed E-state index contributed by atoms with van der Waals surface area (Å²) >= 11 is 2.88. The van der Waals surface area contributed by atoms with E-state index in [1.54, 1.807) is 17.4 Å².